The van der Waals surface area contributed by atoms with Crippen molar-refractivity contribution in [3.63, 3.8) is 0 Å². The van der Waals surface area contributed by atoms with Crippen LogP contribution in [-0.2, 0) is 0 Å². The molecule has 4 nitrogen and oxygen atoms in total. The monoisotopic (exact) mass is 291 g/mol. The molecule has 0 aromatic carbocycles. The lowest BCUT2D eigenvalue weighted by atomic mass is 10.0. The van der Waals surface area contributed by atoms with E-state index in [0.717, 1.165) is 30.0 Å². The number of hydrogen-bond acceptors (Lipinski definition) is 3. The molecule has 0 bridgehead atoms. The minimum atomic E-state index is 0.367. The average Bonchev–Trinajstić information content (AvgIpc) is 3.03. The molecule has 1 aromatic heterocycles. The zero-order valence-electron chi connectivity index (χ0n) is 13.8. The number of nitrogens with zero attached hydrogens (tertiary/aromatic N) is 2. The highest BCUT2D eigenvalue weighted by Crippen LogP contribution is 2.61. The van der Waals surface area contributed by atoms with E-state index in [1.54, 1.807) is 7.11 Å². The van der Waals surface area contributed by atoms with E-state index >= 15 is 0 Å². The van der Waals surface area contributed by atoms with Gasteiger partial charge in [0, 0.05) is 6.04 Å². The molecule has 2 saturated carbocycles. The Morgan fingerprint density at radius 2 is 2.00 bits per heavy atom. The van der Waals surface area contributed by atoms with Gasteiger partial charge in [0.05, 0.1) is 25.0 Å². The fourth-order valence-corrected chi connectivity index (χ4v) is 4.40. The Kier molecular flexibility index (Phi) is 4.25. The van der Waals surface area contributed by atoms with Crippen molar-refractivity contribution in [2.24, 2.45) is 17.8 Å². The number of nitrogens with one attached hydrogen (secondary N) is 1. The van der Waals surface area contributed by atoms with Crippen LogP contribution in [0.25, 0.3) is 0 Å². The highest BCUT2D eigenvalue weighted by Gasteiger charge is 2.55. The van der Waals surface area contributed by atoms with Crippen LogP contribution in [0.3, 0.4) is 0 Å². The van der Waals surface area contributed by atoms with E-state index in [1.807, 2.05) is 6.20 Å². The highest BCUT2D eigenvalue weighted by molar-refractivity contribution is 5.31. The van der Waals surface area contributed by atoms with Crippen molar-refractivity contribution >= 4 is 0 Å². The van der Waals surface area contributed by atoms with Gasteiger partial charge < -0.3 is 10.1 Å². The van der Waals surface area contributed by atoms with Crippen LogP contribution in [-0.4, -0.2) is 23.4 Å². The molecule has 0 amide bonds. The van der Waals surface area contributed by atoms with Crippen LogP contribution in [0.15, 0.2) is 6.20 Å². The second-order valence-electron chi connectivity index (χ2n) is 6.86. The van der Waals surface area contributed by atoms with Gasteiger partial charge in [0.25, 0.3) is 0 Å². The lowest BCUT2D eigenvalue weighted by molar-refractivity contribution is 0.362. The summed E-state index contributed by atoms with van der Waals surface area (Å²) in [5.41, 5.74) is 1.26. The quantitative estimate of drug-likeness (QED) is 0.871. The van der Waals surface area contributed by atoms with E-state index in [4.69, 9.17) is 4.74 Å². The SMILES string of the molecule is CCNC(c1c(OC)cnn1C(C)C)C1C2CCCCC21. The average molecular weight is 291 g/mol. The summed E-state index contributed by atoms with van der Waals surface area (Å²) in [4.78, 5) is 0. The molecule has 2 fully saturated rings. The van der Waals surface area contributed by atoms with Crippen LogP contribution in [0.1, 0.15) is 64.2 Å². The Labute approximate surface area is 128 Å². The predicted molar refractivity (Wildman–Crippen MR) is 84.5 cm³/mol. The molecule has 1 aromatic rings. The van der Waals surface area contributed by atoms with Crippen LogP contribution in [0.4, 0.5) is 0 Å². The van der Waals surface area contributed by atoms with Crippen LogP contribution in [0, 0.1) is 17.8 Å². The summed E-state index contributed by atoms with van der Waals surface area (Å²) in [6, 6.07) is 0.758. The third-order valence-corrected chi connectivity index (χ3v) is 5.33. The van der Waals surface area contributed by atoms with Gasteiger partial charge in [-0.2, -0.15) is 5.10 Å². The second-order valence-corrected chi connectivity index (χ2v) is 6.86. The van der Waals surface area contributed by atoms with Crippen molar-refractivity contribution in [2.75, 3.05) is 13.7 Å². The normalized spacial score (nSPS) is 29.3. The van der Waals surface area contributed by atoms with E-state index in [1.165, 1.54) is 31.4 Å². The van der Waals surface area contributed by atoms with Gasteiger partial charge in [0.1, 0.15) is 0 Å². The van der Waals surface area contributed by atoms with Crippen LogP contribution in [0.5, 0.6) is 5.75 Å². The lowest BCUT2D eigenvalue weighted by Crippen LogP contribution is -2.27. The van der Waals surface area contributed by atoms with Crippen molar-refractivity contribution in [1.29, 1.82) is 0 Å². The van der Waals surface area contributed by atoms with Gasteiger partial charge in [0.15, 0.2) is 5.75 Å². The standard InChI is InChI=1S/C17H29N3O/c1-5-18-16(15-12-8-6-7-9-13(12)15)17-14(21-4)10-19-20(17)11(2)3/h10-13,15-16,18H,5-9H2,1-4H3. The molecule has 2 aliphatic rings. The Hall–Kier alpha value is -1.03. The summed E-state index contributed by atoms with van der Waals surface area (Å²) >= 11 is 0. The first-order valence-electron chi connectivity index (χ1n) is 8.53. The topological polar surface area (TPSA) is 39.1 Å². The molecule has 0 radical (unpaired) electrons. The molecule has 0 aliphatic heterocycles. The maximum Gasteiger partial charge on any atom is 0.161 e. The molecule has 0 spiro atoms. The highest BCUT2D eigenvalue weighted by atomic mass is 16.5. The Morgan fingerprint density at radius 3 is 2.52 bits per heavy atom. The van der Waals surface area contributed by atoms with E-state index in [9.17, 15) is 0 Å². The molecule has 118 valence electrons. The largest absolute Gasteiger partial charge is 0.493 e. The zero-order chi connectivity index (χ0) is 15.0. The number of methoxy groups -OCH3 is 1. The lowest BCUT2D eigenvalue weighted by Gasteiger charge is -2.23. The van der Waals surface area contributed by atoms with Gasteiger partial charge in [-0.25, -0.2) is 0 Å². The number of aromatic nitrogens is 2. The molecule has 3 atom stereocenters. The molecule has 1 N–H and O–H groups in total. The minimum absolute atomic E-state index is 0.367. The van der Waals surface area contributed by atoms with Crippen LogP contribution >= 0.6 is 0 Å². The molecular weight excluding hydrogens is 262 g/mol. The summed E-state index contributed by atoms with van der Waals surface area (Å²) in [5.74, 6) is 3.56. The third kappa shape index (κ3) is 2.59. The summed E-state index contributed by atoms with van der Waals surface area (Å²) in [6.45, 7) is 7.58. The smallest absolute Gasteiger partial charge is 0.161 e. The third-order valence-electron chi connectivity index (χ3n) is 5.33. The molecule has 21 heavy (non-hydrogen) atoms. The van der Waals surface area contributed by atoms with E-state index < -0.39 is 0 Å². The number of ether oxygens (including phenoxy) is 1. The molecule has 0 saturated heterocycles. The summed E-state index contributed by atoms with van der Waals surface area (Å²) < 4.78 is 7.76. The van der Waals surface area contributed by atoms with Gasteiger partial charge in [0.2, 0.25) is 0 Å². The van der Waals surface area contributed by atoms with E-state index in [0.29, 0.717) is 12.1 Å². The fourth-order valence-electron chi connectivity index (χ4n) is 4.40. The van der Waals surface area contributed by atoms with Crippen molar-refractivity contribution in [3.05, 3.63) is 11.9 Å². The van der Waals surface area contributed by atoms with E-state index in [-0.39, 0.29) is 0 Å². The number of fused-ring (bicyclic) bond motifs is 1. The molecular formula is C17H29N3O. The first kappa shape index (κ1) is 14.9. The fraction of sp³-hybridized carbons (Fsp3) is 0.824. The molecule has 2 aliphatic carbocycles. The van der Waals surface area contributed by atoms with Gasteiger partial charge in [-0.3, -0.25) is 4.68 Å². The van der Waals surface area contributed by atoms with Crippen LogP contribution < -0.4 is 10.1 Å². The van der Waals surface area contributed by atoms with Gasteiger partial charge in [-0.05, 0) is 51.0 Å². The van der Waals surface area contributed by atoms with E-state index in [2.05, 4.69) is 35.9 Å². The number of rotatable bonds is 6. The molecule has 3 rings (SSSR count). The summed E-state index contributed by atoms with van der Waals surface area (Å²) in [5, 5.41) is 8.30. The molecule has 1 heterocycles. The minimum Gasteiger partial charge on any atom is -0.493 e. The predicted octanol–water partition coefficient (Wildman–Crippen LogP) is 3.56. The van der Waals surface area contributed by atoms with Gasteiger partial charge in [-0.1, -0.05) is 19.8 Å². The van der Waals surface area contributed by atoms with Crippen molar-refractivity contribution in [1.82, 2.24) is 15.1 Å². The maximum absolute atomic E-state index is 5.61. The van der Waals surface area contributed by atoms with Crippen molar-refractivity contribution in [2.45, 2.75) is 58.5 Å². The Balaban J connectivity index is 1.92. The first-order chi connectivity index (χ1) is 10.2. The van der Waals surface area contributed by atoms with Crippen LogP contribution in [0.2, 0.25) is 0 Å². The molecule has 4 heteroatoms. The Bertz CT molecular complexity index is 470. The molecule has 3 unspecified atom stereocenters. The first-order valence-corrected chi connectivity index (χ1v) is 8.53. The van der Waals surface area contributed by atoms with Gasteiger partial charge in [-0.15, -0.1) is 0 Å². The van der Waals surface area contributed by atoms with Crippen molar-refractivity contribution in [3.8, 4) is 5.75 Å². The maximum atomic E-state index is 5.61. The summed E-state index contributed by atoms with van der Waals surface area (Å²) in [7, 11) is 1.76. The summed E-state index contributed by atoms with van der Waals surface area (Å²) in [6.07, 6.45) is 7.53. The zero-order valence-corrected chi connectivity index (χ0v) is 13.8. The Morgan fingerprint density at radius 1 is 1.33 bits per heavy atom. The van der Waals surface area contributed by atoms with Gasteiger partial charge >= 0.3 is 0 Å². The second kappa shape index (κ2) is 5.99. The van der Waals surface area contributed by atoms with Crippen molar-refractivity contribution < 1.29 is 4.74 Å². The number of hydrogen-bond donors (Lipinski definition) is 1.